The first-order chi connectivity index (χ1) is 10.7. The summed E-state index contributed by atoms with van der Waals surface area (Å²) < 4.78 is 29.6. The van der Waals surface area contributed by atoms with Gasteiger partial charge in [-0.25, -0.2) is 0 Å². The normalized spacial score (nSPS) is 24.0. The number of piperazine rings is 1. The molecule has 0 spiro atoms. The van der Waals surface area contributed by atoms with E-state index >= 15 is 0 Å². The largest absolute Gasteiger partial charge is 0.434 e. The summed E-state index contributed by atoms with van der Waals surface area (Å²) in [5.74, 6) is 0.295. The molecule has 1 aromatic carbocycles. The third-order valence-corrected chi connectivity index (χ3v) is 4.50. The molecule has 0 aliphatic carbocycles. The van der Waals surface area contributed by atoms with E-state index in [1.165, 1.54) is 0 Å². The van der Waals surface area contributed by atoms with Crippen LogP contribution in [0.3, 0.4) is 0 Å². The van der Waals surface area contributed by atoms with Gasteiger partial charge in [-0.3, -0.25) is 9.80 Å². The van der Waals surface area contributed by atoms with Crippen LogP contribution < -0.4 is 10.1 Å². The molecule has 2 heterocycles. The van der Waals surface area contributed by atoms with Crippen molar-refractivity contribution in [2.45, 2.75) is 25.6 Å². The first-order valence-electron chi connectivity index (χ1n) is 7.92. The summed E-state index contributed by atoms with van der Waals surface area (Å²) in [6, 6.07) is 7.68. The Morgan fingerprint density at radius 2 is 1.95 bits per heavy atom. The lowest BCUT2D eigenvalue weighted by Crippen LogP contribution is -2.49. The lowest BCUT2D eigenvalue weighted by atomic mass is 10.2. The van der Waals surface area contributed by atoms with E-state index in [1.807, 2.05) is 12.1 Å². The summed E-state index contributed by atoms with van der Waals surface area (Å²) >= 11 is 0. The first-order valence-corrected chi connectivity index (χ1v) is 7.92. The van der Waals surface area contributed by atoms with Crippen LogP contribution in [0.25, 0.3) is 0 Å². The average Bonchev–Trinajstić information content (AvgIpc) is 2.98. The van der Waals surface area contributed by atoms with Crippen molar-refractivity contribution < 1.29 is 13.5 Å². The van der Waals surface area contributed by atoms with Crippen LogP contribution in [0.2, 0.25) is 0 Å². The highest BCUT2D eigenvalue weighted by molar-refractivity contribution is 5.33. The number of halogens is 2. The van der Waals surface area contributed by atoms with Crippen molar-refractivity contribution in [2.75, 3.05) is 39.3 Å². The molecule has 6 heteroatoms. The summed E-state index contributed by atoms with van der Waals surface area (Å²) in [6.07, 6.45) is 1.15. The fraction of sp³-hybridized carbons (Fsp3) is 0.625. The molecule has 22 heavy (non-hydrogen) atoms. The van der Waals surface area contributed by atoms with E-state index in [2.05, 4.69) is 19.9 Å². The van der Waals surface area contributed by atoms with Crippen molar-refractivity contribution in [3.8, 4) is 5.75 Å². The first kappa shape index (κ1) is 15.6. The van der Waals surface area contributed by atoms with E-state index in [9.17, 15) is 8.78 Å². The maximum atomic E-state index is 12.5. The molecule has 1 aromatic rings. The second-order valence-electron chi connectivity index (χ2n) is 5.95. The zero-order valence-corrected chi connectivity index (χ0v) is 12.7. The fourth-order valence-corrected chi connectivity index (χ4v) is 3.39. The van der Waals surface area contributed by atoms with Crippen LogP contribution in [0.1, 0.15) is 12.0 Å². The molecular weight excluding hydrogens is 288 g/mol. The Hall–Kier alpha value is -1.24. The van der Waals surface area contributed by atoms with Gasteiger partial charge in [-0.05, 0) is 12.5 Å². The molecule has 4 nitrogen and oxygen atoms in total. The fourth-order valence-electron chi connectivity index (χ4n) is 3.39. The van der Waals surface area contributed by atoms with E-state index in [-0.39, 0.29) is 0 Å². The Labute approximate surface area is 130 Å². The van der Waals surface area contributed by atoms with Crippen LogP contribution in [-0.2, 0) is 6.54 Å². The number of hydrogen-bond acceptors (Lipinski definition) is 4. The Morgan fingerprint density at radius 3 is 2.73 bits per heavy atom. The average molecular weight is 311 g/mol. The Kier molecular flexibility index (Phi) is 5.23. The summed E-state index contributed by atoms with van der Waals surface area (Å²) in [5.41, 5.74) is 0.837. The van der Waals surface area contributed by atoms with E-state index < -0.39 is 6.61 Å². The molecule has 1 unspecified atom stereocenters. The number of likely N-dealkylation sites (tertiary alicyclic amines) is 1. The smallest absolute Gasteiger partial charge is 0.387 e. The molecule has 3 rings (SSSR count). The van der Waals surface area contributed by atoms with Crippen LogP contribution in [0.15, 0.2) is 24.3 Å². The molecule has 0 radical (unpaired) electrons. The molecule has 0 aromatic heterocycles. The molecule has 2 aliphatic rings. The van der Waals surface area contributed by atoms with Crippen molar-refractivity contribution in [3.05, 3.63) is 29.8 Å². The SMILES string of the molecule is FC(F)Oc1ccccc1CN1CCC(N2CCNCC2)C1. The van der Waals surface area contributed by atoms with E-state index in [1.54, 1.807) is 12.1 Å². The van der Waals surface area contributed by atoms with E-state index in [4.69, 9.17) is 0 Å². The monoisotopic (exact) mass is 311 g/mol. The minimum Gasteiger partial charge on any atom is -0.434 e. The molecule has 122 valence electrons. The van der Waals surface area contributed by atoms with Gasteiger partial charge in [0.2, 0.25) is 0 Å². The van der Waals surface area contributed by atoms with Crippen molar-refractivity contribution >= 4 is 0 Å². The number of alkyl halides is 2. The third-order valence-electron chi connectivity index (χ3n) is 4.50. The maximum absolute atomic E-state index is 12.5. The van der Waals surface area contributed by atoms with Gasteiger partial charge in [0.25, 0.3) is 0 Å². The second kappa shape index (κ2) is 7.35. The standard InChI is InChI=1S/C16H23F2N3O/c17-16(18)22-15-4-2-1-3-13(15)11-20-8-5-14(12-20)21-9-6-19-7-10-21/h1-4,14,16,19H,5-12H2. The van der Waals surface area contributed by atoms with Crippen molar-refractivity contribution in [3.63, 3.8) is 0 Å². The van der Waals surface area contributed by atoms with Gasteiger partial charge in [0.1, 0.15) is 5.75 Å². The zero-order chi connectivity index (χ0) is 15.4. The summed E-state index contributed by atoms with van der Waals surface area (Å²) in [6.45, 7) is 4.23. The molecular formula is C16H23F2N3O. The van der Waals surface area contributed by atoms with Gasteiger partial charge in [0.05, 0.1) is 0 Å². The van der Waals surface area contributed by atoms with Gasteiger partial charge >= 0.3 is 6.61 Å². The van der Waals surface area contributed by atoms with E-state index in [0.717, 1.165) is 51.3 Å². The quantitative estimate of drug-likeness (QED) is 0.897. The van der Waals surface area contributed by atoms with Gasteiger partial charge < -0.3 is 10.1 Å². The highest BCUT2D eigenvalue weighted by atomic mass is 19.3. The van der Waals surface area contributed by atoms with Gasteiger partial charge in [0, 0.05) is 57.4 Å². The highest BCUT2D eigenvalue weighted by Gasteiger charge is 2.28. The number of hydrogen-bond donors (Lipinski definition) is 1. The predicted molar refractivity (Wildman–Crippen MR) is 81.2 cm³/mol. The van der Waals surface area contributed by atoms with E-state index in [0.29, 0.717) is 18.3 Å². The number of nitrogens with one attached hydrogen (secondary N) is 1. The minimum absolute atomic E-state index is 0.295. The predicted octanol–water partition coefficient (Wildman–Crippen LogP) is 1.77. The third kappa shape index (κ3) is 3.94. The van der Waals surface area contributed by atoms with Crippen molar-refractivity contribution in [1.29, 1.82) is 0 Å². The van der Waals surface area contributed by atoms with Crippen LogP contribution >= 0.6 is 0 Å². The maximum Gasteiger partial charge on any atom is 0.387 e. The Bertz CT molecular complexity index is 480. The Morgan fingerprint density at radius 1 is 1.18 bits per heavy atom. The molecule has 0 saturated carbocycles. The number of nitrogens with zero attached hydrogens (tertiary/aromatic N) is 2. The van der Waals surface area contributed by atoms with Gasteiger partial charge in [-0.15, -0.1) is 0 Å². The zero-order valence-electron chi connectivity index (χ0n) is 12.7. The molecule has 2 fully saturated rings. The van der Waals surface area contributed by atoms with Gasteiger partial charge in [0.15, 0.2) is 0 Å². The van der Waals surface area contributed by atoms with Crippen molar-refractivity contribution in [2.24, 2.45) is 0 Å². The molecule has 1 N–H and O–H groups in total. The van der Waals surface area contributed by atoms with Crippen LogP contribution in [0, 0.1) is 0 Å². The summed E-state index contributed by atoms with van der Waals surface area (Å²) in [4.78, 5) is 4.87. The molecule has 2 saturated heterocycles. The summed E-state index contributed by atoms with van der Waals surface area (Å²) in [5, 5.41) is 3.37. The number of para-hydroxylation sites is 1. The molecule has 1 atom stereocenters. The molecule has 0 bridgehead atoms. The van der Waals surface area contributed by atoms with Crippen molar-refractivity contribution in [1.82, 2.24) is 15.1 Å². The topological polar surface area (TPSA) is 27.7 Å². The number of ether oxygens (including phenoxy) is 1. The minimum atomic E-state index is -2.77. The van der Waals surface area contributed by atoms with Crippen LogP contribution in [0.5, 0.6) is 5.75 Å². The lowest BCUT2D eigenvalue weighted by Gasteiger charge is -2.32. The number of rotatable bonds is 5. The highest BCUT2D eigenvalue weighted by Crippen LogP contribution is 2.24. The second-order valence-corrected chi connectivity index (χ2v) is 5.95. The van der Waals surface area contributed by atoms with Crippen LogP contribution in [-0.4, -0.2) is 61.7 Å². The Balaban J connectivity index is 1.58. The van der Waals surface area contributed by atoms with Crippen LogP contribution in [0.4, 0.5) is 8.78 Å². The van der Waals surface area contributed by atoms with Gasteiger partial charge in [-0.1, -0.05) is 18.2 Å². The molecule has 0 amide bonds. The molecule has 2 aliphatic heterocycles. The van der Waals surface area contributed by atoms with Gasteiger partial charge in [-0.2, -0.15) is 8.78 Å². The number of benzene rings is 1. The lowest BCUT2D eigenvalue weighted by molar-refractivity contribution is -0.0507. The summed E-state index contributed by atoms with van der Waals surface area (Å²) in [7, 11) is 0.